The number of nitrogens with two attached hydrogens (primary N) is 2. The van der Waals surface area contributed by atoms with Crippen LogP contribution in [0.1, 0.15) is 24.0 Å². The number of aryl methyl sites for hydroxylation is 1. The van der Waals surface area contributed by atoms with Crippen molar-refractivity contribution in [2.75, 3.05) is 6.54 Å². The Labute approximate surface area is 211 Å². The fourth-order valence-corrected chi connectivity index (χ4v) is 3.24. The van der Waals surface area contributed by atoms with E-state index in [9.17, 15) is 19.2 Å². The summed E-state index contributed by atoms with van der Waals surface area (Å²) < 4.78 is 0. The minimum absolute atomic E-state index is 0.104. The molecule has 36 heavy (non-hydrogen) atoms. The molecule has 0 radical (unpaired) electrons. The van der Waals surface area contributed by atoms with Crippen molar-refractivity contribution >= 4 is 23.6 Å². The molecule has 0 aliphatic rings. The van der Waals surface area contributed by atoms with Gasteiger partial charge in [-0.2, -0.15) is 0 Å². The zero-order chi connectivity index (χ0) is 26.3. The summed E-state index contributed by atoms with van der Waals surface area (Å²) in [5.74, 6) is -2.28. The Morgan fingerprint density at radius 2 is 1.28 bits per heavy atom. The molecule has 8 nitrogen and oxygen atoms in total. The molecular formula is C28H32N4O4. The molecule has 188 valence electrons. The Morgan fingerprint density at radius 3 is 1.83 bits per heavy atom. The molecule has 0 spiro atoms. The largest absolute Gasteiger partial charge is 0.370 e. The van der Waals surface area contributed by atoms with Crippen LogP contribution in [0.15, 0.2) is 84.9 Å². The van der Waals surface area contributed by atoms with Crippen molar-refractivity contribution in [3.8, 4) is 11.1 Å². The van der Waals surface area contributed by atoms with Gasteiger partial charge < -0.3 is 22.1 Å². The number of carbonyl (C=O) groups excluding carboxylic acids is 4. The number of primary amides is 2. The second-order valence-corrected chi connectivity index (χ2v) is 8.19. The normalized spacial score (nSPS) is 10.8. The van der Waals surface area contributed by atoms with E-state index in [2.05, 4.69) is 66.1 Å². The van der Waals surface area contributed by atoms with E-state index in [0.717, 1.165) is 5.56 Å². The summed E-state index contributed by atoms with van der Waals surface area (Å²) in [7, 11) is 0. The molecule has 0 heterocycles. The number of carbonyl (C=O) groups is 4. The molecule has 4 amide bonds. The lowest BCUT2D eigenvalue weighted by Crippen LogP contribution is -2.49. The number of hydrogen-bond acceptors (Lipinski definition) is 4. The van der Waals surface area contributed by atoms with Gasteiger partial charge in [0.05, 0.1) is 6.54 Å². The number of rotatable bonds is 10. The van der Waals surface area contributed by atoms with Gasteiger partial charge in [-0.15, -0.1) is 0 Å². The maximum absolute atomic E-state index is 12.1. The lowest BCUT2D eigenvalue weighted by molar-refractivity contribution is -0.130. The van der Waals surface area contributed by atoms with Crippen molar-refractivity contribution in [1.82, 2.24) is 10.6 Å². The predicted molar refractivity (Wildman–Crippen MR) is 139 cm³/mol. The van der Waals surface area contributed by atoms with Crippen LogP contribution < -0.4 is 22.1 Å². The Bertz CT molecular complexity index is 1130. The number of hydrogen-bond donors (Lipinski definition) is 4. The Hall–Kier alpha value is -4.46. The van der Waals surface area contributed by atoms with E-state index in [1.54, 1.807) is 0 Å². The van der Waals surface area contributed by atoms with Crippen LogP contribution in [0.25, 0.3) is 11.1 Å². The minimum Gasteiger partial charge on any atom is -0.370 e. The van der Waals surface area contributed by atoms with Crippen LogP contribution in [0, 0.1) is 6.92 Å². The topological polar surface area (TPSA) is 144 Å². The lowest BCUT2D eigenvalue weighted by Gasteiger charge is -2.18. The molecule has 3 aromatic rings. The highest BCUT2D eigenvalue weighted by molar-refractivity contribution is 5.91. The zero-order valence-corrected chi connectivity index (χ0v) is 20.3. The van der Waals surface area contributed by atoms with Crippen LogP contribution in [-0.4, -0.2) is 36.2 Å². The standard InChI is InChI=1S/C15H20N4O4.C13H12/c16-12(20)6-7-14(22)19-11(15(23)18-9-13(17)21)8-10-4-2-1-3-5-10;1-11-7-9-13(10-8-11)12-5-3-2-4-6-12/h1-5,11H,6-9H2,(H2,16,20)(H2,17,21)(H,18,23)(H,19,22);2-10H,1H3/t11-;/m1./s1. The van der Waals surface area contributed by atoms with E-state index >= 15 is 0 Å². The molecule has 0 aliphatic heterocycles. The van der Waals surface area contributed by atoms with Gasteiger partial charge in [-0.05, 0) is 23.6 Å². The summed E-state index contributed by atoms with van der Waals surface area (Å²) in [6.45, 7) is 1.79. The van der Waals surface area contributed by atoms with Gasteiger partial charge in [0, 0.05) is 19.3 Å². The van der Waals surface area contributed by atoms with E-state index < -0.39 is 29.7 Å². The highest BCUT2D eigenvalue weighted by Gasteiger charge is 2.21. The lowest BCUT2D eigenvalue weighted by atomic mass is 10.0. The summed E-state index contributed by atoms with van der Waals surface area (Å²) >= 11 is 0. The van der Waals surface area contributed by atoms with E-state index in [4.69, 9.17) is 11.5 Å². The Kier molecular flexibility index (Phi) is 11.4. The van der Waals surface area contributed by atoms with E-state index in [-0.39, 0.29) is 25.8 Å². The summed E-state index contributed by atoms with van der Waals surface area (Å²) in [6.07, 6.45) is 0.0320. The van der Waals surface area contributed by atoms with Crippen molar-refractivity contribution in [2.24, 2.45) is 11.5 Å². The van der Waals surface area contributed by atoms with Crippen molar-refractivity contribution in [3.63, 3.8) is 0 Å². The number of benzene rings is 3. The fourth-order valence-electron chi connectivity index (χ4n) is 3.24. The van der Waals surface area contributed by atoms with Crippen LogP contribution in [0.5, 0.6) is 0 Å². The molecule has 3 rings (SSSR count). The zero-order valence-electron chi connectivity index (χ0n) is 20.3. The first-order valence-corrected chi connectivity index (χ1v) is 11.5. The molecule has 0 aromatic heterocycles. The van der Waals surface area contributed by atoms with Crippen molar-refractivity contribution in [3.05, 3.63) is 96.1 Å². The molecule has 3 aromatic carbocycles. The van der Waals surface area contributed by atoms with Gasteiger partial charge in [0.15, 0.2) is 0 Å². The van der Waals surface area contributed by atoms with E-state index in [0.29, 0.717) is 0 Å². The second kappa shape index (κ2) is 14.7. The highest BCUT2D eigenvalue weighted by Crippen LogP contribution is 2.18. The summed E-state index contributed by atoms with van der Waals surface area (Å²) in [4.78, 5) is 45.4. The van der Waals surface area contributed by atoms with Crippen LogP contribution in [0.2, 0.25) is 0 Å². The highest BCUT2D eigenvalue weighted by atomic mass is 16.2. The molecule has 6 N–H and O–H groups in total. The summed E-state index contributed by atoms with van der Waals surface area (Å²) in [5, 5.41) is 4.89. The van der Waals surface area contributed by atoms with Gasteiger partial charge in [0.2, 0.25) is 23.6 Å². The van der Waals surface area contributed by atoms with Gasteiger partial charge in [0.25, 0.3) is 0 Å². The van der Waals surface area contributed by atoms with Crippen LogP contribution >= 0.6 is 0 Å². The quantitative estimate of drug-likeness (QED) is 0.347. The first kappa shape index (κ1) is 27.8. The summed E-state index contributed by atoms with van der Waals surface area (Å²) in [6, 6.07) is 27.2. The fraction of sp³-hybridized carbons (Fsp3) is 0.214. The van der Waals surface area contributed by atoms with Crippen LogP contribution in [-0.2, 0) is 25.6 Å². The van der Waals surface area contributed by atoms with Crippen LogP contribution in [0.3, 0.4) is 0 Å². The third-order valence-electron chi connectivity index (χ3n) is 5.13. The smallest absolute Gasteiger partial charge is 0.243 e. The minimum atomic E-state index is -0.878. The molecule has 0 saturated heterocycles. The van der Waals surface area contributed by atoms with Crippen molar-refractivity contribution < 1.29 is 19.2 Å². The molecular weight excluding hydrogens is 456 g/mol. The first-order chi connectivity index (χ1) is 17.2. The van der Waals surface area contributed by atoms with Crippen LogP contribution in [0.4, 0.5) is 0 Å². The molecule has 0 unspecified atom stereocenters. The SMILES string of the molecule is Cc1ccc(-c2ccccc2)cc1.NC(=O)CCC(=O)N[C@H](Cc1ccccc1)C(=O)NCC(N)=O. The van der Waals surface area contributed by atoms with Gasteiger partial charge in [-0.25, -0.2) is 0 Å². The molecule has 0 saturated carbocycles. The van der Waals surface area contributed by atoms with E-state index in [1.807, 2.05) is 36.4 Å². The number of amides is 4. The molecule has 8 heteroatoms. The van der Waals surface area contributed by atoms with Gasteiger partial charge in [-0.1, -0.05) is 90.5 Å². The third-order valence-corrected chi connectivity index (χ3v) is 5.13. The predicted octanol–water partition coefficient (Wildman–Crippen LogP) is 2.24. The monoisotopic (exact) mass is 488 g/mol. The molecule has 0 bridgehead atoms. The van der Waals surface area contributed by atoms with Gasteiger partial charge in [0.1, 0.15) is 6.04 Å². The molecule has 1 atom stereocenters. The molecule has 0 fully saturated rings. The van der Waals surface area contributed by atoms with Crippen molar-refractivity contribution in [2.45, 2.75) is 32.2 Å². The third kappa shape index (κ3) is 10.6. The Morgan fingerprint density at radius 1 is 0.722 bits per heavy atom. The average Bonchev–Trinajstić information content (AvgIpc) is 2.87. The maximum atomic E-state index is 12.1. The van der Waals surface area contributed by atoms with Gasteiger partial charge in [-0.3, -0.25) is 19.2 Å². The van der Waals surface area contributed by atoms with Crippen molar-refractivity contribution in [1.29, 1.82) is 0 Å². The first-order valence-electron chi connectivity index (χ1n) is 11.5. The Balaban J connectivity index is 0.000000293. The average molecular weight is 489 g/mol. The summed E-state index contributed by atoms with van der Waals surface area (Å²) in [5.41, 5.74) is 14.7. The van der Waals surface area contributed by atoms with E-state index in [1.165, 1.54) is 16.7 Å². The maximum Gasteiger partial charge on any atom is 0.243 e. The second-order valence-electron chi connectivity index (χ2n) is 8.19. The van der Waals surface area contributed by atoms with Gasteiger partial charge >= 0.3 is 0 Å². The number of nitrogens with one attached hydrogen (secondary N) is 2. The molecule has 0 aliphatic carbocycles.